The molecule has 1 aliphatic rings. The van der Waals surface area contributed by atoms with E-state index in [-0.39, 0.29) is 23.5 Å². The number of anilines is 2. The van der Waals surface area contributed by atoms with E-state index in [2.05, 4.69) is 4.98 Å². The first kappa shape index (κ1) is 20.4. The molecule has 1 fully saturated rings. The molecule has 2 heterocycles. The molecular formula is C18H21F3N4O2S. The summed E-state index contributed by atoms with van der Waals surface area (Å²) in [5, 5.41) is 0. The highest BCUT2D eigenvalue weighted by atomic mass is 32.2. The Kier molecular flexibility index (Phi) is 5.28. The standard InChI is InChI=1S/C18H21F3N4O2S/c1-3-11-13(25-8-7-18(2,22)10-25)9-12(19)17(16(11)21)28(26,27)24-15-6-4-5-14(20)23-15/h4-6,9H,3,7-8,10,22H2,1-2H3,(H,23,24)/t18-/m1/s1. The maximum Gasteiger partial charge on any atom is 0.268 e. The van der Waals surface area contributed by atoms with Gasteiger partial charge in [-0.25, -0.2) is 22.2 Å². The number of benzene rings is 1. The van der Waals surface area contributed by atoms with Crippen molar-refractivity contribution in [2.45, 2.75) is 37.1 Å². The predicted octanol–water partition coefficient (Wildman–Crippen LogP) is 2.79. The van der Waals surface area contributed by atoms with Crippen LogP contribution in [0.1, 0.15) is 25.8 Å². The van der Waals surface area contributed by atoms with Crippen molar-refractivity contribution >= 4 is 21.5 Å². The molecule has 0 spiro atoms. The molecule has 3 N–H and O–H groups in total. The Bertz CT molecular complexity index is 1010. The fourth-order valence-electron chi connectivity index (χ4n) is 3.34. The average Bonchev–Trinajstić information content (AvgIpc) is 2.93. The van der Waals surface area contributed by atoms with Crippen LogP contribution in [0.2, 0.25) is 0 Å². The summed E-state index contributed by atoms with van der Waals surface area (Å²) in [6.45, 7) is 4.41. The van der Waals surface area contributed by atoms with E-state index in [0.717, 1.165) is 12.1 Å². The third kappa shape index (κ3) is 3.93. The van der Waals surface area contributed by atoms with E-state index in [0.29, 0.717) is 19.5 Å². The molecule has 1 aromatic heterocycles. The van der Waals surface area contributed by atoms with Crippen molar-refractivity contribution in [2.24, 2.45) is 5.73 Å². The first-order valence-electron chi connectivity index (χ1n) is 8.74. The van der Waals surface area contributed by atoms with Crippen molar-refractivity contribution in [1.82, 2.24) is 4.98 Å². The van der Waals surface area contributed by atoms with E-state index in [1.165, 1.54) is 12.1 Å². The lowest BCUT2D eigenvalue weighted by molar-refractivity contribution is 0.510. The zero-order valence-corrected chi connectivity index (χ0v) is 16.3. The average molecular weight is 414 g/mol. The highest BCUT2D eigenvalue weighted by Crippen LogP contribution is 2.35. The fourth-order valence-corrected chi connectivity index (χ4v) is 4.50. The number of sulfonamides is 1. The maximum atomic E-state index is 15.1. The van der Waals surface area contributed by atoms with Gasteiger partial charge in [-0.05, 0) is 38.0 Å². The van der Waals surface area contributed by atoms with Gasteiger partial charge < -0.3 is 10.6 Å². The van der Waals surface area contributed by atoms with Crippen molar-refractivity contribution in [3.8, 4) is 0 Å². The van der Waals surface area contributed by atoms with Crippen LogP contribution in [0.5, 0.6) is 0 Å². The number of nitrogens with two attached hydrogens (primary N) is 1. The minimum absolute atomic E-state index is 0.0756. The minimum Gasteiger partial charge on any atom is -0.369 e. The van der Waals surface area contributed by atoms with Gasteiger partial charge in [-0.1, -0.05) is 13.0 Å². The highest BCUT2D eigenvalue weighted by molar-refractivity contribution is 7.92. The maximum absolute atomic E-state index is 15.1. The largest absolute Gasteiger partial charge is 0.369 e. The molecule has 1 atom stereocenters. The smallest absolute Gasteiger partial charge is 0.268 e. The summed E-state index contributed by atoms with van der Waals surface area (Å²) in [6, 6.07) is 4.43. The number of nitrogens with one attached hydrogen (secondary N) is 1. The summed E-state index contributed by atoms with van der Waals surface area (Å²) in [7, 11) is -4.66. The SMILES string of the molecule is CCc1c(N2CC[C@@](C)(N)C2)cc(F)c(S(=O)(=O)Nc2cccc(F)n2)c1F. The van der Waals surface area contributed by atoms with E-state index < -0.39 is 38.0 Å². The highest BCUT2D eigenvalue weighted by Gasteiger charge is 2.34. The van der Waals surface area contributed by atoms with Crippen LogP contribution in [-0.2, 0) is 16.4 Å². The lowest BCUT2D eigenvalue weighted by Crippen LogP contribution is -2.39. The lowest BCUT2D eigenvalue weighted by Gasteiger charge is -2.25. The van der Waals surface area contributed by atoms with E-state index >= 15 is 4.39 Å². The summed E-state index contributed by atoms with van der Waals surface area (Å²) >= 11 is 0. The normalized spacial score (nSPS) is 19.9. The van der Waals surface area contributed by atoms with Crippen molar-refractivity contribution in [1.29, 1.82) is 0 Å². The van der Waals surface area contributed by atoms with Crippen molar-refractivity contribution in [2.75, 3.05) is 22.7 Å². The van der Waals surface area contributed by atoms with Gasteiger partial charge >= 0.3 is 0 Å². The minimum atomic E-state index is -4.66. The quantitative estimate of drug-likeness (QED) is 0.735. The summed E-state index contributed by atoms with van der Waals surface area (Å²) in [5.74, 6) is -3.71. The van der Waals surface area contributed by atoms with Crippen molar-refractivity contribution < 1.29 is 21.6 Å². The number of hydrogen-bond acceptors (Lipinski definition) is 5. The molecular weight excluding hydrogens is 393 g/mol. The van der Waals surface area contributed by atoms with Gasteiger partial charge in [-0.2, -0.15) is 4.39 Å². The van der Waals surface area contributed by atoms with E-state index in [9.17, 15) is 17.2 Å². The predicted molar refractivity (Wildman–Crippen MR) is 100 cm³/mol. The molecule has 0 bridgehead atoms. The topological polar surface area (TPSA) is 88.3 Å². The van der Waals surface area contributed by atoms with Gasteiger partial charge in [-0.3, -0.25) is 4.72 Å². The van der Waals surface area contributed by atoms with Crippen molar-refractivity contribution in [3.63, 3.8) is 0 Å². The van der Waals surface area contributed by atoms with Crippen LogP contribution in [0.4, 0.5) is 24.7 Å². The number of pyridine rings is 1. The van der Waals surface area contributed by atoms with Crippen LogP contribution in [0.25, 0.3) is 0 Å². The zero-order chi connectivity index (χ0) is 20.7. The molecule has 3 rings (SSSR count). The Morgan fingerprint density at radius 2 is 2.04 bits per heavy atom. The van der Waals surface area contributed by atoms with Crippen LogP contribution in [-0.4, -0.2) is 32.0 Å². The van der Waals surface area contributed by atoms with Gasteiger partial charge in [0.1, 0.15) is 11.6 Å². The monoisotopic (exact) mass is 414 g/mol. The third-order valence-corrected chi connectivity index (χ3v) is 6.07. The van der Waals surface area contributed by atoms with Gasteiger partial charge in [0.25, 0.3) is 10.0 Å². The zero-order valence-electron chi connectivity index (χ0n) is 15.5. The summed E-state index contributed by atoms with van der Waals surface area (Å²) in [4.78, 5) is 3.99. The number of halogens is 3. The van der Waals surface area contributed by atoms with E-state index in [1.807, 2.05) is 11.6 Å². The van der Waals surface area contributed by atoms with Crippen LogP contribution in [0, 0.1) is 17.6 Å². The lowest BCUT2D eigenvalue weighted by atomic mass is 10.0. The van der Waals surface area contributed by atoms with Gasteiger partial charge in [0.05, 0.1) is 0 Å². The molecule has 0 aliphatic carbocycles. The Morgan fingerprint density at radius 3 is 2.61 bits per heavy atom. The first-order chi connectivity index (χ1) is 13.0. The Morgan fingerprint density at radius 1 is 1.32 bits per heavy atom. The number of rotatable bonds is 5. The molecule has 28 heavy (non-hydrogen) atoms. The van der Waals surface area contributed by atoms with Gasteiger partial charge in [-0.15, -0.1) is 0 Å². The molecule has 1 aliphatic heterocycles. The second-order valence-corrected chi connectivity index (χ2v) is 8.75. The van der Waals surface area contributed by atoms with Gasteiger partial charge in [0.15, 0.2) is 10.7 Å². The molecule has 0 amide bonds. The molecule has 1 aromatic carbocycles. The molecule has 1 saturated heterocycles. The molecule has 0 radical (unpaired) electrons. The first-order valence-corrected chi connectivity index (χ1v) is 10.2. The van der Waals surface area contributed by atoms with Gasteiger partial charge in [0, 0.05) is 29.9 Å². The Balaban J connectivity index is 2.05. The molecule has 10 heteroatoms. The van der Waals surface area contributed by atoms with Crippen LogP contribution >= 0.6 is 0 Å². The molecule has 2 aromatic rings. The molecule has 0 unspecified atom stereocenters. The second kappa shape index (κ2) is 7.25. The summed E-state index contributed by atoms with van der Waals surface area (Å²) < 4.78 is 70.1. The fraction of sp³-hybridized carbons (Fsp3) is 0.389. The summed E-state index contributed by atoms with van der Waals surface area (Å²) in [6.07, 6.45) is 0.798. The molecule has 152 valence electrons. The van der Waals surface area contributed by atoms with Crippen LogP contribution in [0.15, 0.2) is 29.2 Å². The molecule has 0 saturated carbocycles. The second-order valence-electron chi connectivity index (χ2n) is 7.13. The van der Waals surface area contributed by atoms with Crippen LogP contribution in [0.3, 0.4) is 0 Å². The Labute approximate surface area is 161 Å². The number of nitrogens with zero attached hydrogens (tertiary/aromatic N) is 2. The number of hydrogen-bond donors (Lipinski definition) is 2. The Hall–Kier alpha value is -2.33. The van der Waals surface area contributed by atoms with Gasteiger partial charge in [0.2, 0.25) is 5.95 Å². The van der Waals surface area contributed by atoms with Crippen LogP contribution < -0.4 is 15.4 Å². The van der Waals surface area contributed by atoms with Crippen molar-refractivity contribution in [3.05, 3.63) is 47.4 Å². The summed E-state index contributed by atoms with van der Waals surface area (Å²) in [5.41, 5.74) is 5.97. The van der Waals surface area contributed by atoms with E-state index in [1.54, 1.807) is 11.8 Å². The molecule has 6 nitrogen and oxygen atoms in total. The third-order valence-electron chi connectivity index (χ3n) is 4.68. The van der Waals surface area contributed by atoms with E-state index in [4.69, 9.17) is 5.73 Å². The number of aromatic nitrogens is 1.